The summed E-state index contributed by atoms with van der Waals surface area (Å²) in [4.78, 5) is 24.6. The van der Waals surface area contributed by atoms with Gasteiger partial charge in [-0.25, -0.2) is 4.68 Å². The van der Waals surface area contributed by atoms with Gasteiger partial charge in [-0.1, -0.05) is 6.07 Å². The Labute approximate surface area is 152 Å². The summed E-state index contributed by atoms with van der Waals surface area (Å²) in [5.74, 6) is -5.91. The van der Waals surface area contributed by atoms with Gasteiger partial charge in [0, 0.05) is 31.0 Å². The molecular formula is C16H15ClF3N3O3. The molecule has 140 valence electrons. The van der Waals surface area contributed by atoms with E-state index in [-0.39, 0.29) is 18.0 Å². The second-order valence-electron chi connectivity index (χ2n) is 5.80. The number of carboxylic acids is 1. The maximum Gasteiger partial charge on any atom is 0.394 e. The molecule has 0 unspecified atom stereocenters. The molecule has 0 aliphatic carbocycles. The van der Waals surface area contributed by atoms with Crippen LogP contribution in [0.15, 0.2) is 42.7 Å². The summed E-state index contributed by atoms with van der Waals surface area (Å²) in [6, 6.07) is 7.97. The molecule has 0 bridgehead atoms. The zero-order valence-electron chi connectivity index (χ0n) is 13.3. The molecular weight excluding hydrogens is 375 g/mol. The molecule has 0 radical (unpaired) electrons. The molecule has 1 N–H and O–H groups in total. The first-order valence-electron chi connectivity index (χ1n) is 7.46. The van der Waals surface area contributed by atoms with Gasteiger partial charge in [0.25, 0.3) is 5.91 Å². The molecule has 1 fully saturated rings. The van der Waals surface area contributed by atoms with Gasteiger partial charge in [0.2, 0.25) is 0 Å². The van der Waals surface area contributed by atoms with E-state index in [0.29, 0.717) is 5.69 Å². The summed E-state index contributed by atoms with van der Waals surface area (Å²) in [7, 11) is 0. The van der Waals surface area contributed by atoms with Gasteiger partial charge >= 0.3 is 12.1 Å². The Balaban J connectivity index is 0.00000243. The molecule has 3 rings (SSSR count). The highest BCUT2D eigenvalue weighted by Gasteiger charge is 2.53. The van der Waals surface area contributed by atoms with Gasteiger partial charge in [0.15, 0.2) is 0 Å². The zero-order valence-corrected chi connectivity index (χ0v) is 14.1. The number of amides is 1. The standard InChI is InChI=1S/C16H14F3N3O3.ClH/c17-16(18,19)13-9-21(8-12(13)15(24)25)14(23)10-3-1-4-11(7-10)22-6-2-5-20-22;/h1-7,12-13H,8-9H2,(H,24,25);1H/t12-,13-;/m1./s1. The minimum atomic E-state index is -4.67. The van der Waals surface area contributed by atoms with Gasteiger partial charge in [-0.2, -0.15) is 18.3 Å². The van der Waals surface area contributed by atoms with Crippen molar-refractivity contribution in [2.45, 2.75) is 6.18 Å². The number of hydrogen-bond acceptors (Lipinski definition) is 3. The van der Waals surface area contributed by atoms with Crippen LogP contribution in [0.1, 0.15) is 10.4 Å². The van der Waals surface area contributed by atoms with Crippen molar-refractivity contribution >= 4 is 24.3 Å². The van der Waals surface area contributed by atoms with Crippen molar-refractivity contribution in [3.8, 4) is 5.69 Å². The molecule has 2 aromatic rings. The van der Waals surface area contributed by atoms with Crippen LogP contribution in [0.2, 0.25) is 0 Å². The van der Waals surface area contributed by atoms with Crippen LogP contribution in [0.5, 0.6) is 0 Å². The second kappa shape index (κ2) is 7.36. The third-order valence-corrected chi connectivity index (χ3v) is 4.21. The summed E-state index contributed by atoms with van der Waals surface area (Å²) in [6.07, 6.45) is -1.45. The molecule has 2 heterocycles. The van der Waals surface area contributed by atoms with Gasteiger partial charge in [0.05, 0.1) is 17.5 Å². The van der Waals surface area contributed by atoms with Crippen LogP contribution < -0.4 is 0 Å². The Bertz CT molecular complexity index is 796. The van der Waals surface area contributed by atoms with E-state index in [1.54, 1.807) is 30.6 Å². The Morgan fingerprint density at radius 3 is 2.46 bits per heavy atom. The van der Waals surface area contributed by atoms with E-state index in [0.717, 1.165) is 4.90 Å². The Morgan fingerprint density at radius 2 is 1.92 bits per heavy atom. The van der Waals surface area contributed by atoms with Crippen molar-refractivity contribution in [1.82, 2.24) is 14.7 Å². The first-order chi connectivity index (χ1) is 11.8. The van der Waals surface area contributed by atoms with E-state index in [9.17, 15) is 22.8 Å². The van der Waals surface area contributed by atoms with E-state index < -0.39 is 43.0 Å². The first-order valence-corrected chi connectivity index (χ1v) is 7.46. The number of nitrogens with zero attached hydrogens (tertiary/aromatic N) is 3. The molecule has 1 amide bonds. The minimum absolute atomic E-state index is 0. The third kappa shape index (κ3) is 3.82. The van der Waals surface area contributed by atoms with Crippen molar-refractivity contribution in [2.75, 3.05) is 13.1 Å². The predicted octanol–water partition coefficient (Wildman–Crippen LogP) is 2.63. The average molecular weight is 390 g/mol. The molecule has 10 heteroatoms. The highest BCUT2D eigenvalue weighted by Crippen LogP contribution is 2.38. The maximum atomic E-state index is 13.0. The van der Waals surface area contributed by atoms with Crippen molar-refractivity contribution in [3.63, 3.8) is 0 Å². The van der Waals surface area contributed by atoms with Crippen LogP contribution in [0.4, 0.5) is 13.2 Å². The highest BCUT2D eigenvalue weighted by atomic mass is 35.5. The largest absolute Gasteiger partial charge is 0.481 e. The number of carbonyl (C=O) groups is 2. The van der Waals surface area contributed by atoms with Crippen LogP contribution in [-0.4, -0.2) is 50.9 Å². The number of hydrogen-bond donors (Lipinski definition) is 1. The Kier molecular flexibility index (Phi) is 5.60. The normalized spacial score (nSPS) is 19.9. The zero-order chi connectivity index (χ0) is 18.2. The van der Waals surface area contributed by atoms with E-state index in [4.69, 9.17) is 5.11 Å². The van der Waals surface area contributed by atoms with E-state index in [2.05, 4.69) is 5.10 Å². The number of aliphatic carboxylic acids is 1. The van der Waals surface area contributed by atoms with E-state index >= 15 is 0 Å². The maximum absolute atomic E-state index is 13.0. The smallest absolute Gasteiger partial charge is 0.394 e. The van der Waals surface area contributed by atoms with Crippen LogP contribution in [0.25, 0.3) is 5.69 Å². The molecule has 1 saturated heterocycles. The third-order valence-electron chi connectivity index (χ3n) is 4.21. The number of likely N-dealkylation sites (tertiary alicyclic amines) is 1. The topological polar surface area (TPSA) is 75.4 Å². The quantitative estimate of drug-likeness (QED) is 0.875. The lowest BCUT2D eigenvalue weighted by Gasteiger charge is -2.18. The summed E-state index contributed by atoms with van der Waals surface area (Å²) in [5, 5.41) is 13.1. The summed E-state index contributed by atoms with van der Waals surface area (Å²) >= 11 is 0. The average Bonchev–Trinajstić information content (AvgIpc) is 3.23. The molecule has 1 aliphatic rings. The van der Waals surface area contributed by atoms with Crippen molar-refractivity contribution in [3.05, 3.63) is 48.3 Å². The van der Waals surface area contributed by atoms with Gasteiger partial charge in [-0.3, -0.25) is 9.59 Å². The van der Waals surface area contributed by atoms with Crippen molar-refractivity contribution in [1.29, 1.82) is 0 Å². The lowest BCUT2D eigenvalue weighted by atomic mass is 9.96. The Hall–Kier alpha value is -2.55. The summed E-state index contributed by atoms with van der Waals surface area (Å²) in [5.41, 5.74) is 0.761. The fourth-order valence-corrected chi connectivity index (χ4v) is 2.94. The van der Waals surface area contributed by atoms with Gasteiger partial charge in [-0.05, 0) is 24.3 Å². The Morgan fingerprint density at radius 1 is 1.19 bits per heavy atom. The van der Waals surface area contributed by atoms with Crippen molar-refractivity contribution in [2.24, 2.45) is 11.8 Å². The fourth-order valence-electron chi connectivity index (χ4n) is 2.94. The van der Waals surface area contributed by atoms with Gasteiger partial charge < -0.3 is 10.0 Å². The second-order valence-corrected chi connectivity index (χ2v) is 5.80. The molecule has 26 heavy (non-hydrogen) atoms. The highest BCUT2D eigenvalue weighted by molar-refractivity contribution is 5.95. The number of aromatic nitrogens is 2. The van der Waals surface area contributed by atoms with E-state index in [1.165, 1.54) is 16.8 Å². The van der Waals surface area contributed by atoms with Crippen LogP contribution in [0.3, 0.4) is 0 Å². The van der Waals surface area contributed by atoms with Crippen LogP contribution in [0, 0.1) is 11.8 Å². The molecule has 1 aromatic carbocycles. The monoisotopic (exact) mass is 389 g/mol. The molecule has 2 atom stereocenters. The predicted molar refractivity (Wildman–Crippen MR) is 87.4 cm³/mol. The summed E-state index contributed by atoms with van der Waals surface area (Å²) in [6.45, 7) is -1.13. The first kappa shape index (κ1) is 19.8. The molecule has 1 aliphatic heterocycles. The van der Waals surface area contributed by atoms with Crippen molar-refractivity contribution < 1.29 is 27.9 Å². The van der Waals surface area contributed by atoms with E-state index in [1.807, 2.05) is 0 Å². The molecule has 0 spiro atoms. The summed E-state index contributed by atoms with van der Waals surface area (Å²) < 4.78 is 40.7. The van der Waals surface area contributed by atoms with Crippen LogP contribution >= 0.6 is 12.4 Å². The number of benzene rings is 1. The fraction of sp³-hybridized carbons (Fsp3) is 0.312. The van der Waals surface area contributed by atoms with Gasteiger partial charge in [-0.15, -0.1) is 12.4 Å². The molecule has 6 nitrogen and oxygen atoms in total. The SMILES string of the molecule is Cl.O=C(O)[C@@H]1CN(C(=O)c2cccc(-n3cccn3)c2)C[C@H]1C(F)(F)F. The number of alkyl halides is 3. The number of rotatable bonds is 3. The molecule has 0 saturated carbocycles. The lowest BCUT2D eigenvalue weighted by Crippen LogP contribution is -2.34. The minimum Gasteiger partial charge on any atom is -0.481 e. The number of carbonyl (C=O) groups excluding carboxylic acids is 1. The molecule has 1 aromatic heterocycles. The van der Waals surface area contributed by atoms with Gasteiger partial charge in [0.1, 0.15) is 0 Å². The number of halogens is 4. The lowest BCUT2D eigenvalue weighted by molar-refractivity contribution is -0.187. The number of carboxylic acid groups (broad SMARTS) is 1. The van der Waals surface area contributed by atoms with Crippen LogP contribution in [-0.2, 0) is 4.79 Å².